The first-order chi connectivity index (χ1) is 11.8. The molecule has 2 aliphatic rings. The van der Waals surface area contributed by atoms with Gasteiger partial charge in [-0.25, -0.2) is 0 Å². The van der Waals surface area contributed by atoms with Gasteiger partial charge in [0.25, 0.3) is 5.91 Å². The number of morpholine rings is 1. The maximum absolute atomic E-state index is 12.9. The molecule has 126 valence electrons. The summed E-state index contributed by atoms with van der Waals surface area (Å²) in [5.41, 5.74) is 1.82. The number of hydrogen-bond acceptors (Lipinski definition) is 6. The summed E-state index contributed by atoms with van der Waals surface area (Å²) in [6.45, 7) is 1.43. The van der Waals surface area contributed by atoms with Crippen molar-refractivity contribution in [1.82, 2.24) is 25.5 Å². The van der Waals surface area contributed by atoms with Gasteiger partial charge in [0.05, 0.1) is 20.3 Å². The quantitative estimate of drug-likeness (QED) is 0.909. The second-order valence-electron chi connectivity index (χ2n) is 6.11. The highest BCUT2D eigenvalue weighted by atomic mass is 16.5. The molecule has 1 amide bonds. The summed E-state index contributed by atoms with van der Waals surface area (Å²) in [6.07, 6.45) is 1.97. The maximum atomic E-state index is 12.9. The van der Waals surface area contributed by atoms with E-state index < -0.39 is 0 Å². The molecule has 0 spiro atoms. The number of amides is 1. The molecule has 1 aromatic carbocycles. The van der Waals surface area contributed by atoms with Gasteiger partial charge in [0.1, 0.15) is 11.9 Å². The van der Waals surface area contributed by atoms with Crippen molar-refractivity contribution >= 4 is 5.91 Å². The summed E-state index contributed by atoms with van der Waals surface area (Å²) in [6, 6.07) is 5.68. The van der Waals surface area contributed by atoms with Gasteiger partial charge in [0, 0.05) is 12.1 Å². The Morgan fingerprint density at radius 3 is 3.00 bits per heavy atom. The van der Waals surface area contributed by atoms with E-state index in [-0.39, 0.29) is 12.0 Å². The Hall–Kier alpha value is -2.48. The molecule has 1 aliphatic carbocycles. The Morgan fingerprint density at radius 1 is 1.42 bits per heavy atom. The highest BCUT2D eigenvalue weighted by Crippen LogP contribution is 2.44. The lowest BCUT2D eigenvalue weighted by atomic mass is 10.0. The summed E-state index contributed by atoms with van der Waals surface area (Å²) in [5, 5.41) is 13.9. The van der Waals surface area contributed by atoms with E-state index >= 15 is 0 Å². The fraction of sp³-hybridized carbons (Fsp3) is 0.500. The van der Waals surface area contributed by atoms with E-state index in [2.05, 4.69) is 20.6 Å². The van der Waals surface area contributed by atoms with Gasteiger partial charge < -0.3 is 14.4 Å². The topological polar surface area (TPSA) is 93.2 Å². The average Bonchev–Trinajstić information content (AvgIpc) is 3.34. The molecule has 1 atom stereocenters. The molecule has 8 heteroatoms. The van der Waals surface area contributed by atoms with Crippen LogP contribution in [0.25, 0.3) is 0 Å². The normalized spacial score (nSPS) is 20.9. The molecule has 2 heterocycles. The molecule has 0 radical (unpaired) electrons. The number of tetrazole rings is 1. The number of aromatic amines is 1. The molecule has 1 saturated carbocycles. The lowest BCUT2D eigenvalue weighted by Crippen LogP contribution is -2.42. The minimum absolute atomic E-state index is 0.00338. The number of benzene rings is 1. The van der Waals surface area contributed by atoms with Crippen molar-refractivity contribution in [3.63, 3.8) is 0 Å². The number of nitrogens with one attached hydrogen (secondary N) is 1. The monoisotopic (exact) mass is 329 g/mol. The van der Waals surface area contributed by atoms with Crippen molar-refractivity contribution in [2.24, 2.45) is 0 Å². The van der Waals surface area contributed by atoms with Gasteiger partial charge in [0.2, 0.25) is 5.82 Å². The second-order valence-corrected chi connectivity index (χ2v) is 6.11. The Labute approximate surface area is 139 Å². The van der Waals surface area contributed by atoms with E-state index in [9.17, 15) is 4.79 Å². The van der Waals surface area contributed by atoms with E-state index in [1.165, 1.54) is 0 Å². The predicted octanol–water partition coefficient (Wildman–Crippen LogP) is 1.30. The Kier molecular flexibility index (Phi) is 3.89. The van der Waals surface area contributed by atoms with Crippen LogP contribution in [0.3, 0.4) is 0 Å². The fourth-order valence-corrected chi connectivity index (χ4v) is 3.06. The van der Waals surface area contributed by atoms with Gasteiger partial charge in [-0.15, -0.1) is 10.2 Å². The van der Waals surface area contributed by atoms with Crippen molar-refractivity contribution in [1.29, 1.82) is 0 Å². The highest BCUT2D eigenvalue weighted by Gasteiger charge is 2.31. The summed E-state index contributed by atoms with van der Waals surface area (Å²) >= 11 is 0. The summed E-state index contributed by atoms with van der Waals surface area (Å²) < 4.78 is 11.1. The van der Waals surface area contributed by atoms with Crippen LogP contribution in [0.4, 0.5) is 0 Å². The number of ether oxygens (including phenoxy) is 2. The smallest absolute Gasteiger partial charge is 0.254 e. The number of hydrogen-bond donors (Lipinski definition) is 1. The highest BCUT2D eigenvalue weighted by molar-refractivity contribution is 5.94. The Balaban J connectivity index is 1.53. The first-order valence-corrected chi connectivity index (χ1v) is 8.08. The molecule has 2 aromatic rings. The van der Waals surface area contributed by atoms with Crippen molar-refractivity contribution in [3.8, 4) is 5.75 Å². The molecular formula is C16H19N5O3. The first kappa shape index (κ1) is 15.1. The minimum atomic E-state index is -0.345. The van der Waals surface area contributed by atoms with Crippen molar-refractivity contribution in [3.05, 3.63) is 35.2 Å². The minimum Gasteiger partial charge on any atom is -0.496 e. The summed E-state index contributed by atoms with van der Waals surface area (Å²) in [7, 11) is 1.67. The fourth-order valence-electron chi connectivity index (χ4n) is 3.06. The number of methoxy groups -OCH3 is 1. The molecular weight excluding hydrogens is 310 g/mol. The van der Waals surface area contributed by atoms with Gasteiger partial charge in [0.15, 0.2) is 0 Å². The zero-order chi connectivity index (χ0) is 16.5. The third-order valence-electron chi connectivity index (χ3n) is 4.50. The zero-order valence-electron chi connectivity index (χ0n) is 13.4. The van der Waals surface area contributed by atoms with Crippen LogP contribution >= 0.6 is 0 Å². The largest absolute Gasteiger partial charge is 0.496 e. The Bertz CT molecular complexity index is 729. The number of rotatable bonds is 4. The van der Waals surface area contributed by atoms with Crippen LogP contribution in [0.15, 0.2) is 18.2 Å². The summed E-state index contributed by atoms with van der Waals surface area (Å²) in [5.74, 6) is 1.85. The number of carbonyl (C=O) groups excluding carboxylic acids is 1. The maximum Gasteiger partial charge on any atom is 0.254 e. The van der Waals surface area contributed by atoms with Crippen LogP contribution in [0.1, 0.15) is 46.6 Å². The van der Waals surface area contributed by atoms with Gasteiger partial charge in [-0.05, 0) is 42.5 Å². The van der Waals surface area contributed by atoms with Gasteiger partial charge >= 0.3 is 0 Å². The van der Waals surface area contributed by atoms with Gasteiger partial charge in [-0.2, -0.15) is 5.21 Å². The number of carbonyl (C=O) groups is 1. The van der Waals surface area contributed by atoms with E-state index in [1.54, 1.807) is 12.0 Å². The third-order valence-corrected chi connectivity index (χ3v) is 4.50. The van der Waals surface area contributed by atoms with E-state index in [1.807, 2.05) is 18.2 Å². The predicted molar refractivity (Wildman–Crippen MR) is 83.7 cm³/mol. The average molecular weight is 329 g/mol. The van der Waals surface area contributed by atoms with Crippen LogP contribution in [0.5, 0.6) is 5.75 Å². The molecule has 1 aromatic heterocycles. The molecule has 1 unspecified atom stereocenters. The molecule has 24 heavy (non-hydrogen) atoms. The second kappa shape index (κ2) is 6.20. The number of H-pyrrole nitrogens is 1. The van der Waals surface area contributed by atoms with Crippen molar-refractivity contribution in [2.45, 2.75) is 24.9 Å². The molecule has 1 saturated heterocycles. The van der Waals surface area contributed by atoms with Crippen molar-refractivity contribution in [2.75, 3.05) is 26.8 Å². The van der Waals surface area contributed by atoms with Crippen LogP contribution in [-0.4, -0.2) is 58.2 Å². The SMILES string of the molecule is COc1ccc(C(=O)N2CCOC(c3nn[nH]n3)C2)cc1C1CC1. The zero-order valence-corrected chi connectivity index (χ0v) is 13.4. The number of nitrogens with zero attached hydrogens (tertiary/aromatic N) is 4. The van der Waals surface area contributed by atoms with Crippen molar-refractivity contribution < 1.29 is 14.3 Å². The molecule has 8 nitrogen and oxygen atoms in total. The third kappa shape index (κ3) is 2.84. The van der Waals surface area contributed by atoms with Crippen LogP contribution in [-0.2, 0) is 4.74 Å². The van der Waals surface area contributed by atoms with E-state index in [4.69, 9.17) is 9.47 Å². The molecule has 0 bridgehead atoms. The molecule has 1 N–H and O–H groups in total. The first-order valence-electron chi connectivity index (χ1n) is 8.08. The Morgan fingerprint density at radius 2 is 2.29 bits per heavy atom. The van der Waals surface area contributed by atoms with Crippen LogP contribution in [0, 0.1) is 0 Å². The molecule has 1 aliphatic heterocycles. The molecule has 4 rings (SSSR count). The molecule has 2 fully saturated rings. The lowest BCUT2D eigenvalue weighted by molar-refractivity contribution is -0.0268. The van der Waals surface area contributed by atoms with E-state index in [0.717, 1.165) is 24.2 Å². The van der Waals surface area contributed by atoms with E-state index in [0.29, 0.717) is 37.0 Å². The van der Waals surface area contributed by atoms with Gasteiger partial charge in [-0.1, -0.05) is 5.21 Å². The lowest BCUT2D eigenvalue weighted by Gasteiger charge is -2.31. The summed E-state index contributed by atoms with van der Waals surface area (Å²) in [4.78, 5) is 14.7. The van der Waals surface area contributed by atoms with Crippen LogP contribution < -0.4 is 4.74 Å². The van der Waals surface area contributed by atoms with Gasteiger partial charge in [-0.3, -0.25) is 4.79 Å². The van der Waals surface area contributed by atoms with Crippen LogP contribution in [0.2, 0.25) is 0 Å². The standard InChI is InChI=1S/C16H19N5O3/c1-23-13-5-4-11(8-12(13)10-2-3-10)16(22)21-6-7-24-14(9-21)15-17-19-20-18-15/h4-5,8,10,14H,2-3,6-7,9H2,1H3,(H,17,18,19,20). The number of aromatic nitrogens is 4.